The maximum atomic E-state index is 13.1. The minimum atomic E-state index is -0.552. The number of nitrogens with one attached hydrogen (secondary N) is 2. The normalized spacial score (nSPS) is 13.1. The van der Waals surface area contributed by atoms with Crippen LogP contribution in [0.2, 0.25) is 0 Å². The molecule has 0 spiro atoms. The lowest BCUT2D eigenvalue weighted by Crippen LogP contribution is -2.50. The minimum Gasteiger partial charge on any atom is -0.465 e. The van der Waals surface area contributed by atoms with Crippen molar-refractivity contribution >= 4 is 41.1 Å². The maximum Gasteiger partial charge on any atom is 0.410 e. The van der Waals surface area contributed by atoms with Crippen LogP contribution in [0, 0.1) is 0 Å². The van der Waals surface area contributed by atoms with Gasteiger partial charge in [-0.3, -0.25) is 9.78 Å². The summed E-state index contributed by atoms with van der Waals surface area (Å²) in [5.41, 5.74) is 2.51. The Morgan fingerprint density at radius 3 is 2.33 bits per heavy atom. The zero-order valence-corrected chi connectivity index (χ0v) is 26.2. The highest BCUT2D eigenvalue weighted by Crippen LogP contribution is 2.28. The number of anilines is 4. The molecule has 1 aliphatic rings. The van der Waals surface area contributed by atoms with Crippen LogP contribution in [0.1, 0.15) is 36.7 Å². The van der Waals surface area contributed by atoms with E-state index in [1.54, 1.807) is 66.1 Å². The van der Waals surface area contributed by atoms with Gasteiger partial charge in [0.05, 0.1) is 31.0 Å². The van der Waals surface area contributed by atoms with Crippen LogP contribution in [-0.4, -0.2) is 81.7 Å². The van der Waals surface area contributed by atoms with Gasteiger partial charge in [-0.15, -0.1) is 0 Å². The third kappa shape index (κ3) is 8.52. The summed E-state index contributed by atoms with van der Waals surface area (Å²) < 4.78 is 10.3. The van der Waals surface area contributed by atoms with E-state index in [4.69, 9.17) is 14.5 Å². The summed E-state index contributed by atoms with van der Waals surface area (Å²) in [6.45, 7) is 7.78. The van der Waals surface area contributed by atoms with Crippen molar-refractivity contribution in [1.29, 1.82) is 0 Å². The van der Waals surface area contributed by atoms with Crippen molar-refractivity contribution in [1.82, 2.24) is 24.8 Å². The van der Waals surface area contributed by atoms with Crippen molar-refractivity contribution in [2.45, 2.75) is 32.8 Å². The van der Waals surface area contributed by atoms with Gasteiger partial charge in [0.25, 0.3) is 0 Å². The van der Waals surface area contributed by atoms with Crippen molar-refractivity contribution in [2.24, 2.45) is 0 Å². The van der Waals surface area contributed by atoms with Gasteiger partial charge in [-0.1, -0.05) is 12.1 Å². The predicted molar refractivity (Wildman–Crippen MR) is 173 cm³/mol. The molecule has 238 valence electrons. The Labute approximate surface area is 267 Å². The summed E-state index contributed by atoms with van der Waals surface area (Å²) in [7, 11) is 1.32. The van der Waals surface area contributed by atoms with E-state index in [0.29, 0.717) is 54.8 Å². The molecule has 46 heavy (non-hydrogen) atoms. The van der Waals surface area contributed by atoms with Gasteiger partial charge < -0.3 is 29.9 Å². The van der Waals surface area contributed by atoms with Crippen LogP contribution in [0.4, 0.5) is 27.9 Å². The van der Waals surface area contributed by atoms with Gasteiger partial charge in [-0.05, 0) is 56.7 Å². The largest absolute Gasteiger partial charge is 0.465 e. The Morgan fingerprint density at radius 2 is 1.65 bits per heavy atom. The van der Waals surface area contributed by atoms with E-state index >= 15 is 0 Å². The molecular formula is C33H36N8O5. The Kier molecular flexibility index (Phi) is 9.70. The van der Waals surface area contributed by atoms with Crippen LogP contribution in [0.25, 0.3) is 11.3 Å². The summed E-state index contributed by atoms with van der Waals surface area (Å²) in [4.78, 5) is 58.9. The van der Waals surface area contributed by atoms with E-state index in [2.05, 4.69) is 30.5 Å². The fourth-order valence-electron chi connectivity index (χ4n) is 4.77. The molecule has 13 heteroatoms. The number of carbonyl (C=O) groups excluding carboxylic acids is 3. The molecule has 1 aromatic carbocycles. The zero-order chi connectivity index (χ0) is 32.7. The first-order valence-electron chi connectivity index (χ1n) is 14.8. The van der Waals surface area contributed by atoms with E-state index in [9.17, 15) is 14.4 Å². The van der Waals surface area contributed by atoms with E-state index in [1.807, 2.05) is 32.9 Å². The molecule has 0 bridgehead atoms. The number of ether oxygens (including phenoxy) is 2. The molecule has 0 saturated carbocycles. The third-order valence-corrected chi connectivity index (χ3v) is 6.96. The molecule has 4 aromatic rings. The predicted octanol–water partition coefficient (Wildman–Crippen LogP) is 4.70. The van der Waals surface area contributed by atoms with Crippen molar-refractivity contribution in [3.05, 3.63) is 84.4 Å². The van der Waals surface area contributed by atoms with Crippen LogP contribution in [0.3, 0.4) is 0 Å². The van der Waals surface area contributed by atoms with E-state index in [-0.39, 0.29) is 18.4 Å². The van der Waals surface area contributed by atoms with Crippen molar-refractivity contribution in [3.8, 4) is 11.3 Å². The molecule has 0 radical (unpaired) electrons. The standard InChI is InChI=1S/C33H36N8O5/c1-33(2,3)46-32(44)41-15-13-40(14-16-41)29-18-24(9-10-36-29)26-19-25(20-27(38-26)39-28-21-34-11-12-35-28)37-30(42)17-22-5-7-23(8-6-22)31(43)45-4/h5-12,18-21H,13-17H2,1-4H3,(H2,35,37,38,39,42). The molecule has 3 aromatic heterocycles. The number of aromatic nitrogens is 4. The molecule has 5 rings (SSSR count). The number of pyridine rings is 2. The Morgan fingerprint density at radius 1 is 0.891 bits per heavy atom. The quantitative estimate of drug-likeness (QED) is 0.262. The number of amides is 2. The molecule has 4 heterocycles. The fraction of sp³-hybridized carbons (Fsp3) is 0.303. The van der Waals surface area contributed by atoms with Gasteiger partial charge >= 0.3 is 12.1 Å². The number of rotatable bonds is 8. The molecule has 1 aliphatic heterocycles. The number of carbonyl (C=O) groups is 3. The highest BCUT2D eigenvalue weighted by molar-refractivity contribution is 5.94. The third-order valence-electron chi connectivity index (χ3n) is 6.96. The van der Waals surface area contributed by atoms with Crippen molar-refractivity contribution in [3.63, 3.8) is 0 Å². The molecule has 1 fully saturated rings. The molecule has 2 N–H and O–H groups in total. The Bertz CT molecular complexity index is 1680. The lowest BCUT2D eigenvalue weighted by Gasteiger charge is -2.36. The van der Waals surface area contributed by atoms with E-state index < -0.39 is 11.6 Å². The fourth-order valence-corrected chi connectivity index (χ4v) is 4.77. The van der Waals surface area contributed by atoms with Gasteiger partial charge in [0.1, 0.15) is 23.1 Å². The van der Waals surface area contributed by atoms with Crippen LogP contribution >= 0.6 is 0 Å². The molecule has 0 unspecified atom stereocenters. The number of benzene rings is 1. The summed E-state index contributed by atoms with van der Waals surface area (Å²) in [5.74, 6) is 1.02. The summed E-state index contributed by atoms with van der Waals surface area (Å²) >= 11 is 0. The number of hydrogen-bond donors (Lipinski definition) is 2. The van der Waals surface area contributed by atoms with Crippen LogP contribution in [0.15, 0.2) is 73.3 Å². The lowest BCUT2D eigenvalue weighted by molar-refractivity contribution is -0.115. The number of hydrogen-bond acceptors (Lipinski definition) is 11. The first-order valence-corrected chi connectivity index (χ1v) is 14.8. The minimum absolute atomic E-state index is 0.0979. The molecule has 1 saturated heterocycles. The molecule has 2 amide bonds. The van der Waals surface area contributed by atoms with Gasteiger partial charge in [-0.2, -0.15) is 0 Å². The maximum absolute atomic E-state index is 13.1. The number of piperazine rings is 1. The smallest absolute Gasteiger partial charge is 0.410 e. The topological polar surface area (TPSA) is 152 Å². The molecule has 13 nitrogen and oxygen atoms in total. The monoisotopic (exact) mass is 624 g/mol. The van der Waals surface area contributed by atoms with Gasteiger partial charge in [0, 0.05) is 62.1 Å². The average Bonchev–Trinajstić information content (AvgIpc) is 3.04. The molecule has 0 atom stereocenters. The van der Waals surface area contributed by atoms with Crippen molar-refractivity contribution < 1.29 is 23.9 Å². The Balaban J connectivity index is 1.34. The van der Waals surface area contributed by atoms with Gasteiger partial charge in [0.15, 0.2) is 0 Å². The highest BCUT2D eigenvalue weighted by Gasteiger charge is 2.26. The Hall–Kier alpha value is -5.59. The summed E-state index contributed by atoms with van der Waals surface area (Å²) in [6, 6.07) is 14.0. The second-order valence-corrected chi connectivity index (χ2v) is 11.6. The van der Waals surface area contributed by atoms with Crippen LogP contribution < -0.4 is 15.5 Å². The van der Waals surface area contributed by atoms with Gasteiger partial charge in [0.2, 0.25) is 5.91 Å². The van der Waals surface area contributed by atoms with Crippen molar-refractivity contribution in [2.75, 3.05) is 48.8 Å². The van der Waals surface area contributed by atoms with Crippen LogP contribution in [-0.2, 0) is 20.7 Å². The first-order chi connectivity index (χ1) is 22.1. The zero-order valence-electron chi connectivity index (χ0n) is 26.2. The summed E-state index contributed by atoms with van der Waals surface area (Å²) in [5, 5.41) is 6.12. The van der Waals surface area contributed by atoms with Gasteiger partial charge in [-0.25, -0.2) is 24.5 Å². The lowest BCUT2D eigenvalue weighted by atomic mass is 10.1. The number of methoxy groups -OCH3 is 1. The summed E-state index contributed by atoms with van der Waals surface area (Å²) in [6.07, 6.45) is 6.21. The first kappa shape index (κ1) is 31.8. The van der Waals surface area contributed by atoms with Crippen LogP contribution in [0.5, 0.6) is 0 Å². The second-order valence-electron chi connectivity index (χ2n) is 11.6. The second kappa shape index (κ2) is 14.0. The molecule has 0 aliphatic carbocycles. The number of nitrogens with zero attached hydrogens (tertiary/aromatic N) is 6. The number of esters is 1. The SMILES string of the molecule is COC(=O)c1ccc(CC(=O)Nc2cc(Nc3cnccn3)nc(-c3ccnc(N4CCN(C(=O)OC(C)(C)C)CC4)c3)c2)cc1. The average molecular weight is 625 g/mol. The van der Waals surface area contributed by atoms with E-state index in [1.165, 1.54) is 7.11 Å². The van der Waals surface area contributed by atoms with E-state index in [0.717, 1.165) is 16.9 Å². The highest BCUT2D eigenvalue weighted by atomic mass is 16.6. The molecular weight excluding hydrogens is 588 g/mol.